The van der Waals surface area contributed by atoms with Gasteiger partial charge in [0, 0.05) is 37.3 Å². The molecule has 4 heterocycles. The van der Waals surface area contributed by atoms with Crippen molar-refractivity contribution in [3.05, 3.63) is 40.8 Å². The van der Waals surface area contributed by atoms with Gasteiger partial charge in [-0.2, -0.15) is 0 Å². The number of fused-ring (bicyclic) bond motifs is 1. The summed E-state index contributed by atoms with van der Waals surface area (Å²) in [6, 6.07) is 3.97. The maximum atomic E-state index is 12.9. The van der Waals surface area contributed by atoms with Crippen LogP contribution in [-0.4, -0.2) is 59.0 Å². The second kappa shape index (κ2) is 7.11. The highest BCUT2D eigenvalue weighted by Gasteiger charge is 2.26. The molecule has 4 rings (SSSR count). The number of aromatic nitrogens is 3. The van der Waals surface area contributed by atoms with Crippen LogP contribution in [0, 0.1) is 13.8 Å². The Bertz CT molecular complexity index is 995. The van der Waals surface area contributed by atoms with Crippen LogP contribution in [0.1, 0.15) is 20.9 Å². The number of piperazine rings is 1. The molecular weight excluding hydrogens is 362 g/mol. The van der Waals surface area contributed by atoms with Gasteiger partial charge in [-0.3, -0.25) is 4.79 Å². The van der Waals surface area contributed by atoms with E-state index in [1.807, 2.05) is 17.9 Å². The van der Waals surface area contributed by atoms with Crippen LogP contribution >= 0.6 is 11.3 Å². The van der Waals surface area contributed by atoms with Crippen LogP contribution < -0.4 is 9.64 Å². The molecule has 0 atom stereocenters. The molecule has 1 aliphatic heterocycles. The highest BCUT2D eigenvalue weighted by Crippen LogP contribution is 2.30. The van der Waals surface area contributed by atoms with Gasteiger partial charge in [0.15, 0.2) is 5.69 Å². The Hall–Kier alpha value is -2.74. The number of amides is 1. The molecule has 0 spiro atoms. The zero-order valence-electron chi connectivity index (χ0n) is 15.6. The third kappa shape index (κ3) is 3.32. The number of aryl methyl sites for hydroxylation is 2. The molecule has 0 bridgehead atoms. The smallest absolute Gasteiger partial charge is 0.276 e. The van der Waals surface area contributed by atoms with Gasteiger partial charge in [0.2, 0.25) is 0 Å². The Morgan fingerprint density at radius 2 is 1.89 bits per heavy atom. The number of carbonyl (C=O) groups is 1. The first-order chi connectivity index (χ1) is 13.1. The van der Waals surface area contributed by atoms with Crippen LogP contribution in [0.2, 0.25) is 0 Å². The lowest BCUT2D eigenvalue weighted by Gasteiger charge is -2.35. The van der Waals surface area contributed by atoms with Crippen LogP contribution in [0.25, 0.3) is 10.2 Å². The lowest BCUT2D eigenvalue weighted by atomic mass is 10.2. The Morgan fingerprint density at radius 1 is 1.11 bits per heavy atom. The van der Waals surface area contributed by atoms with Crippen molar-refractivity contribution in [1.29, 1.82) is 0 Å². The van der Waals surface area contributed by atoms with Gasteiger partial charge in [-0.25, -0.2) is 15.0 Å². The summed E-state index contributed by atoms with van der Waals surface area (Å²) in [4.78, 5) is 32.3. The molecule has 8 heteroatoms. The quantitative estimate of drug-likeness (QED) is 0.692. The Morgan fingerprint density at radius 3 is 2.63 bits per heavy atom. The predicted molar refractivity (Wildman–Crippen MR) is 106 cm³/mol. The number of pyridine rings is 1. The summed E-state index contributed by atoms with van der Waals surface area (Å²) in [5.41, 5.74) is 1.33. The van der Waals surface area contributed by atoms with E-state index in [1.165, 1.54) is 4.88 Å². The number of anilines is 1. The fraction of sp³-hybridized carbons (Fsp3) is 0.368. The number of methoxy groups -OCH3 is 1. The van der Waals surface area contributed by atoms with Crippen molar-refractivity contribution in [3.63, 3.8) is 0 Å². The average Bonchev–Trinajstić information content (AvgIpc) is 3.07. The number of hydrogen-bond acceptors (Lipinski definition) is 7. The third-order valence-electron chi connectivity index (χ3n) is 4.71. The highest BCUT2D eigenvalue weighted by molar-refractivity contribution is 7.18. The molecule has 0 aromatic carbocycles. The maximum absolute atomic E-state index is 12.9. The Balaban J connectivity index is 1.51. The number of rotatable bonds is 3. The molecule has 3 aromatic rings. The molecule has 1 saturated heterocycles. The molecule has 0 saturated carbocycles. The van der Waals surface area contributed by atoms with E-state index in [1.54, 1.807) is 31.0 Å². The Kier molecular flexibility index (Phi) is 4.65. The normalized spacial score (nSPS) is 14.6. The van der Waals surface area contributed by atoms with Crippen molar-refractivity contribution in [1.82, 2.24) is 19.9 Å². The van der Waals surface area contributed by atoms with Crippen molar-refractivity contribution < 1.29 is 9.53 Å². The van der Waals surface area contributed by atoms with Crippen LogP contribution in [0.15, 0.2) is 24.7 Å². The van der Waals surface area contributed by atoms with Crippen LogP contribution in [0.3, 0.4) is 0 Å². The number of thiophene rings is 1. The van der Waals surface area contributed by atoms with E-state index in [2.05, 4.69) is 32.8 Å². The van der Waals surface area contributed by atoms with Gasteiger partial charge in [-0.05, 0) is 31.5 Å². The zero-order valence-corrected chi connectivity index (χ0v) is 16.4. The fourth-order valence-electron chi connectivity index (χ4n) is 3.35. The van der Waals surface area contributed by atoms with Crippen molar-refractivity contribution in [2.45, 2.75) is 13.8 Å². The summed E-state index contributed by atoms with van der Waals surface area (Å²) in [5.74, 6) is 1.38. The minimum absolute atomic E-state index is 0.0919. The summed E-state index contributed by atoms with van der Waals surface area (Å²) in [7, 11) is 1.56. The van der Waals surface area contributed by atoms with E-state index in [-0.39, 0.29) is 5.91 Å². The monoisotopic (exact) mass is 383 g/mol. The first-order valence-corrected chi connectivity index (χ1v) is 9.64. The van der Waals surface area contributed by atoms with E-state index < -0.39 is 0 Å². The van der Waals surface area contributed by atoms with Gasteiger partial charge in [-0.15, -0.1) is 11.3 Å². The first kappa shape index (κ1) is 17.7. The molecule has 7 nitrogen and oxygen atoms in total. The largest absolute Gasteiger partial charge is 0.494 e. The van der Waals surface area contributed by atoms with Gasteiger partial charge >= 0.3 is 0 Å². The van der Waals surface area contributed by atoms with E-state index in [0.29, 0.717) is 24.5 Å². The van der Waals surface area contributed by atoms with Crippen molar-refractivity contribution in [3.8, 4) is 5.75 Å². The van der Waals surface area contributed by atoms with E-state index >= 15 is 0 Å². The number of carbonyl (C=O) groups excluding carboxylic acids is 1. The van der Waals surface area contributed by atoms with Crippen molar-refractivity contribution >= 4 is 33.3 Å². The topological polar surface area (TPSA) is 71.5 Å². The van der Waals surface area contributed by atoms with E-state index in [9.17, 15) is 4.79 Å². The lowest BCUT2D eigenvalue weighted by Crippen LogP contribution is -2.49. The molecule has 27 heavy (non-hydrogen) atoms. The van der Waals surface area contributed by atoms with E-state index in [4.69, 9.17) is 4.74 Å². The molecule has 0 aliphatic carbocycles. The fourth-order valence-corrected chi connectivity index (χ4v) is 4.19. The molecule has 0 unspecified atom stereocenters. The number of nitrogens with zero attached hydrogens (tertiary/aromatic N) is 5. The lowest BCUT2D eigenvalue weighted by molar-refractivity contribution is 0.0737. The average molecular weight is 383 g/mol. The minimum Gasteiger partial charge on any atom is -0.494 e. The standard InChI is InChI=1S/C19H21N5O2S/c1-12-8-15(26-3)16(20-10-12)19(25)24-6-4-23(5-7-24)17-14-9-13(2)27-18(14)22-11-21-17/h8-11H,4-7H2,1-3H3. The first-order valence-electron chi connectivity index (χ1n) is 8.83. The van der Waals surface area contributed by atoms with Crippen LogP contribution in [0.4, 0.5) is 5.82 Å². The van der Waals surface area contributed by atoms with Crippen LogP contribution in [-0.2, 0) is 0 Å². The maximum Gasteiger partial charge on any atom is 0.276 e. The Labute approximate surface area is 161 Å². The molecule has 0 N–H and O–H groups in total. The number of hydrogen-bond donors (Lipinski definition) is 0. The van der Waals surface area contributed by atoms with Crippen LogP contribution in [0.5, 0.6) is 5.75 Å². The molecule has 1 fully saturated rings. The van der Waals surface area contributed by atoms with Crippen molar-refractivity contribution in [2.75, 3.05) is 38.2 Å². The molecule has 1 aliphatic rings. The van der Waals surface area contributed by atoms with Gasteiger partial charge in [-0.1, -0.05) is 0 Å². The second-order valence-electron chi connectivity index (χ2n) is 6.62. The number of ether oxygens (including phenoxy) is 1. The molecule has 0 radical (unpaired) electrons. The van der Waals surface area contributed by atoms with E-state index in [0.717, 1.165) is 34.7 Å². The zero-order chi connectivity index (χ0) is 19.0. The second-order valence-corrected chi connectivity index (χ2v) is 7.85. The van der Waals surface area contributed by atoms with Crippen molar-refractivity contribution in [2.24, 2.45) is 0 Å². The van der Waals surface area contributed by atoms with Gasteiger partial charge in [0.05, 0.1) is 12.5 Å². The summed E-state index contributed by atoms with van der Waals surface area (Å²) in [6.07, 6.45) is 3.31. The third-order valence-corrected chi connectivity index (χ3v) is 5.67. The highest BCUT2D eigenvalue weighted by atomic mass is 32.1. The molecule has 140 valence electrons. The van der Waals surface area contributed by atoms with Gasteiger partial charge < -0.3 is 14.5 Å². The van der Waals surface area contributed by atoms with Gasteiger partial charge in [0.25, 0.3) is 5.91 Å². The molecule has 1 amide bonds. The SMILES string of the molecule is COc1cc(C)cnc1C(=O)N1CCN(c2ncnc3sc(C)cc23)CC1. The summed E-state index contributed by atoms with van der Waals surface area (Å²) in [5, 5.41) is 1.08. The summed E-state index contributed by atoms with van der Waals surface area (Å²) in [6.45, 7) is 6.69. The summed E-state index contributed by atoms with van der Waals surface area (Å²) < 4.78 is 5.34. The molecular formula is C19H21N5O2S. The molecule has 3 aromatic heterocycles. The summed E-state index contributed by atoms with van der Waals surface area (Å²) >= 11 is 1.67. The van der Waals surface area contributed by atoms with Gasteiger partial charge in [0.1, 0.15) is 22.7 Å². The predicted octanol–water partition coefficient (Wildman–Crippen LogP) is 2.67. The minimum atomic E-state index is -0.0919.